The summed E-state index contributed by atoms with van der Waals surface area (Å²) in [4.78, 5) is 0. The molecule has 1 aromatic carbocycles. The van der Waals surface area contributed by atoms with Crippen LogP contribution in [0.15, 0.2) is 30.3 Å². The minimum Gasteiger partial charge on any atom is -0.384 e. The fraction of sp³-hybridized carbons (Fsp3) is 0.308. The zero-order valence-corrected chi connectivity index (χ0v) is 9.77. The predicted octanol–water partition coefficient (Wildman–Crippen LogP) is 2.58. The highest BCUT2D eigenvalue weighted by Crippen LogP contribution is 2.19. The summed E-state index contributed by atoms with van der Waals surface area (Å²) in [5, 5.41) is 4.50. The SMILES string of the molecule is CCc1cc(N)n(-c2ccccc2CC)n1. The van der Waals surface area contributed by atoms with Gasteiger partial charge in [0.15, 0.2) is 0 Å². The second-order valence-electron chi connectivity index (χ2n) is 3.81. The summed E-state index contributed by atoms with van der Waals surface area (Å²) in [5.41, 5.74) is 9.35. The van der Waals surface area contributed by atoms with Crippen molar-refractivity contribution in [2.24, 2.45) is 0 Å². The van der Waals surface area contributed by atoms with Crippen LogP contribution in [-0.4, -0.2) is 9.78 Å². The molecule has 3 heteroatoms. The highest BCUT2D eigenvalue weighted by Gasteiger charge is 2.08. The first-order valence-electron chi connectivity index (χ1n) is 5.69. The molecule has 2 aromatic rings. The largest absolute Gasteiger partial charge is 0.384 e. The topological polar surface area (TPSA) is 43.8 Å². The number of benzene rings is 1. The van der Waals surface area contributed by atoms with Gasteiger partial charge in [-0.15, -0.1) is 0 Å². The van der Waals surface area contributed by atoms with Gasteiger partial charge < -0.3 is 5.73 Å². The molecule has 0 saturated carbocycles. The second-order valence-corrected chi connectivity index (χ2v) is 3.81. The van der Waals surface area contributed by atoms with Crippen LogP contribution in [-0.2, 0) is 12.8 Å². The molecule has 0 aliphatic carbocycles. The van der Waals surface area contributed by atoms with E-state index in [0.29, 0.717) is 5.82 Å². The van der Waals surface area contributed by atoms with Gasteiger partial charge in [0, 0.05) is 6.07 Å². The molecule has 1 heterocycles. The molecule has 3 nitrogen and oxygen atoms in total. The van der Waals surface area contributed by atoms with Crippen LogP contribution in [0.5, 0.6) is 0 Å². The Labute approximate surface area is 95.9 Å². The molecule has 0 atom stereocenters. The van der Waals surface area contributed by atoms with Crippen LogP contribution in [0.2, 0.25) is 0 Å². The quantitative estimate of drug-likeness (QED) is 0.855. The lowest BCUT2D eigenvalue weighted by Crippen LogP contribution is -2.04. The average Bonchev–Trinajstić information content (AvgIpc) is 2.70. The van der Waals surface area contributed by atoms with Gasteiger partial charge in [0.25, 0.3) is 0 Å². The van der Waals surface area contributed by atoms with Gasteiger partial charge >= 0.3 is 0 Å². The third kappa shape index (κ3) is 1.81. The predicted molar refractivity (Wildman–Crippen MR) is 66.7 cm³/mol. The van der Waals surface area contributed by atoms with Crippen molar-refractivity contribution in [1.29, 1.82) is 0 Å². The van der Waals surface area contributed by atoms with E-state index in [-0.39, 0.29) is 0 Å². The summed E-state index contributed by atoms with van der Waals surface area (Å²) in [6.45, 7) is 4.22. The number of hydrogen-bond acceptors (Lipinski definition) is 2. The van der Waals surface area contributed by atoms with Gasteiger partial charge in [0.2, 0.25) is 0 Å². The van der Waals surface area contributed by atoms with Crippen LogP contribution in [0, 0.1) is 0 Å². The van der Waals surface area contributed by atoms with Crippen molar-refractivity contribution in [2.45, 2.75) is 26.7 Å². The molecule has 0 spiro atoms. The zero-order chi connectivity index (χ0) is 11.5. The molecule has 0 fully saturated rings. The van der Waals surface area contributed by atoms with Crippen LogP contribution in [0.4, 0.5) is 5.82 Å². The van der Waals surface area contributed by atoms with Gasteiger partial charge in [-0.3, -0.25) is 0 Å². The second kappa shape index (κ2) is 4.39. The maximum Gasteiger partial charge on any atom is 0.127 e. The zero-order valence-electron chi connectivity index (χ0n) is 9.77. The molecule has 0 saturated heterocycles. The fourth-order valence-electron chi connectivity index (χ4n) is 1.83. The minimum absolute atomic E-state index is 0.706. The third-order valence-corrected chi connectivity index (χ3v) is 2.75. The Balaban J connectivity index is 2.53. The summed E-state index contributed by atoms with van der Waals surface area (Å²) >= 11 is 0. The molecule has 0 aliphatic heterocycles. The molecular weight excluding hydrogens is 198 g/mol. The highest BCUT2D eigenvalue weighted by atomic mass is 15.3. The maximum atomic E-state index is 5.97. The molecule has 0 bridgehead atoms. The van der Waals surface area contributed by atoms with Crippen LogP contribution >= 0.6 is 0 Å². The first-order valence-corrected chi connectivity index (χ1v) is 5.69. The van der Waals surface area contributed by atoms with Gasteiger partial charge in [0.1, 0.15) is 5.82 Å². The van der Waals surface area contributed by atoms with Crippen molar-refractivity contribution < 1.29 is 0 Å². The fourth-order valence-corrected chi connectivity index (χ4v) is 1.83. The molecule has 0 radical (unpaired) electrons. The average molecular weight is 215 g/mol. The number of nitrogens with two attached hydrogens (primary N) is 1. The lowest BCUT2D eigenvalue weighted by atomic mass is 10.1. The van der Waals surface area contributed by atoms with Crippen LogP contribution in [0.25, 0.3) is 5.69 Å². The lowest BCUT2D eigenvalue weighted by Gasteiger charge is -2.08. The van der Waals surface area contributed by atoms with Crippen molar-refractivity contribution in [1.82, 2.24) is 9.78 Å². The van der Waals surface area contributed by atoms with Crippen molar-refractivity contribution in [3.8, 4) is 5.69 Å². The molecule has 0 aliphatic rings. The Hall–Kier alpha value is -1.77. The monoisotopic (exact) mass is 215 g/mol. The van der Waals surface area contributed by atoms with E-state index in [1.54, 1.807) is 0 Å². The lowest BCUT2D eigenvalue weighted by molar-refractivity contribution is 0.837. The summed E-state index contributed by atoms with van der Waals surface area (Å²) in [5.74, 6) is 0.706. The number of nitrogens with zero attached hydrogens (tertiary/aromatic N) is 2. The standard InChI is InChI=1S/C13H17N3/c1-3-10-7-5-6-8-12(10)16-13(14)9-11(4-2)15-16/h5-9H,3-4,14H2,1-2H3. The van der Waals surface area contributed by atoms with Crippen molar-refractivity contribution >= 4 is 5.82 Å². The van der Waals surface area contributed by atoms with Crippen molar-refractivity contribution in [3.63, 3.8) is 0 Å². The number of anilines is 1. The molecular formula is C13H17N3. The summed E-state index contributed by atoms with van der Waals surface area (Å²) in [7, 11) is 0. The van der Waals surface area contributed by atoms with E-state index in [9.17, 15) is 0 Å². The Morgan fingerprint density at radius 2 is 1.94 bits per heavy atom. The van der Waals surface area contributed by atoms with Crippen molar-refractivity contribution in [2.75, 3.05) is 5.73 Å². The number of rotatable bonds is 3. The summed E-state index contributed by atoms with van der Waals surface area (Å²) in [6, 6.07) is 10.2. The molecule has 16 heavy (non-hydrogen) atoms. The smallest absolute Gasteiger partial charge is 0.127 e. The molecule has 0 amide bonds. The highest BCUT2D eigenvalue weighted by molar-refractivity contribution is 5.47. The first-order chi connectivity index (χ1) is 7.76. The van der Waals surface area contributed by atoms with E-state index >= 15 is 0 Å². The minimum atomic E-state index is 0.706. The third-order valence-electron chi connectivity index (χ3n) is 2.75. The van der Waals surface area contributed by atoms with Gasteiger partial charge in [0.05, 0.1) is 11.4 Å². The summed E-state index contributed by atoms with van der Waals surface area (Å²) in [6.07, 6.45) is 1.89. The van der Waals surface area contributed by atoms with Gasteiger partial charge in [-0.05, 0) is 24.5 Å². The Kier molecular flexibility index (Phi) is 2.95. The number of aromatic nitrogens is 2. The van der Waals surface area contributed by atoms with E-state index in [1.165, 1.54) is 5.56 Å². The van der Waals surface area contributed by atoms with E-state index in [0.717, 1.165) is 24.2 Å². The Morgan fingerprint density at radius 3 is 2.56 bits per heavy atom. The maximum absolute atomic E-state index is 5.97. The van der Waals surface area contributed by atoms with E-state index < -0.39 is 0 Å². The van der Waals surface area contributed by atoms with Gasteiger partial charge in [-0.1, -0.05) is 32.0 Å². The van der Waals surface area contributed by atoms with Gasteiger partial charge in [-0.25, -0.2) is 4.68 Å². The first kappa shape index (κ1) is 10.7. The summed E-state index contributed by atoms with van der Waals surface area (Å²) < 4.78 is 1.83. The number of hydrogen-bond donors (Lipinski definition) is 1. The Morgan fingerprint density at radius 1 is 1.19 bits per heavy atom. The van der Waals surface area contributed by atoms with Crippen LogP contribution < -0.4 is 5.73 Å². The van der Waals surface area contributed by atoms with E-state index in [4.69, 9.17) is 5.73 Å². The molecule has 0 unspecified atom stereocenters. The van der Waals surface area contributed by atoms with E-state index in [1.807, 2.05) is 22.9 Å². The Bertz CT molecular complexity index is 486. The van der Waals surface area contributed by atoms with Gasteiger partial charge in [-0.2, -0.15) is 5.10 Å². The number of aryl methyl sites for hydroxylation is 2. The number of nitrogen functional groups attached to an aromatic ring is 1. The molecule has 84 valence electrons. The van der Waals surface area contributed by atoms with Crippen LogP contribution in [0.3, 0.4) is 0 Å². The molecule has 1 aromatic heterocycles. The van der Waals surface area contributed by atoms with Crippen molar-refractivity contribution in [3.05, 3.63) is 41.6 Å². The normalized spacial score (nSPS) is 10.6. The molecule has 2 N–H and O–H groups in total. The number of para-hydroxylation sites is 1. The van der Waals surface area contributed by atoms with Crippen LogP contribution in [0.1, 0.15) is 25.1 Å². The van der Waals surface area contributed by atoms with E-state index in [2.05, 4.69) is 31.1 Å². The molecule has 2 rings (SSSR count).